The van der Waals surface area contributed by atoms with Crippen LogP contribution in [-0.2, 0) is 17.6 Å². The normalized spacial score (nSPS) is 12.1. The molecule has 2 N–H and O–H groups in total. The third-order valence-electron chi connectivity index (χ3n) is 3.11. The van der Waals surface area contributed by atoms with Crippen LogP contribution in [0.3, 0.4) is 0 Å². The molecule has 1 aromatic carbocycles. The lowest BCUT2D eigenvalue weighted by Crippen LogP contribution is -2.27. The third-order valence-corrected chi connectivity index (χ3v) is 4.16. The zero-order valence-electron chi connectivity index (χ0n) is 11.7. The summed E-state index contributed by atoms with van der Waals surface area (Å²) in [5.74, 6) is -0.484. The lowest BCUT2D eigenvalue weighted by molar-refractivity contribution is -0.121. The Morgan fingerprint density at radius 3 is 2.55 bits per heavy atom. The first-order valence-corrected chi connectivity index (χ1v) is 7.39. The van der Waals surface area contributed by atoms with Crippen LogP contribution in [0.4, 0.5) is 5.13 Å². The van der Waals surface area contributed by atoms with Crippen molar-refractivity contribution in [2.24, 2.45) is 11.7 Å². The van der Waals surface area contributed by atoms with Gasteiger partial charge in [-0.25, -0.2) is 4.98 Å². The predicted molar refractivity (Wildman–Crippen MR) is 83.0 cm³/mol. The summed E-state index contributed by atoms with van der Waals surface area (Å²) in [4.78, 5) is 18.1. The second-order valence-corrected chi connectivity index (χ2v) is 5.85. The first-order chi connectivity index (χ1) is 9.56. The van der Waals surface area contributed by atoms with Crippen molar-refractivity contribution in [3.05, 3.63) is 47.0 Å². The quantitative estimate of drug-likeness (QED) is 0.886. The smallest absolute Gasteiger partial charge is 0.221 e. The maximum Gasteiger partial charge on any atom is 0.221 e. The van der Waals surface area contributed by atoms with Crippen molar-refractivity contribution >= 4 is 22.4 Å². The van der Waals surface area contributed by atoms with E-state index < -0.39 is 0 Å². The summed E-state index contributed by atoms with van der Waals surface area (Å²) in [5.41, 5.74) is 7.58. The van der Waals surface area contributed by atoms with Gasteiger partial charge in [-0.15, -0.1) is 11.3 Å². The summed E-state index contributed by atoms with van der Waals surface area (Å²) in [7, 11) is 3.91. The van der Waals surface area contributed by atoms with Crippen molar-refractivity contribution in [3.63, 3.8) is 0 Å². The van der Waals surface area contributed by atoms with Crippen molar-refractivity contribution < 1.29 is 4.79 Å². The van der Waals surface area contributed by atoms with E-state index in [-0.39, 0.29) is 11.8 Å². The Hall–Kier alpha value is -1.88. The molecule has 0 aliphatic carbocycles. The Morgan fingerprint density at radius 1 is 1.30 bits per heavy atom. The molecule has 1 atom stereocenters. The van der Waals surface area contributed by atoms with Gasteiger partial charge in [-0.2, -0.15) is 0 Å². The van der Waals surface area contributed by atoms with Gasteiger partial charge in [0.1, 0.15) is 0 Å². The second kappa shape index (κ2) is 6.52. The Morgan fingerprint density at radius 2 is 2.00 bits per heavy atom. The molecule has 0 bridgehead atoms. The van der Waals surface area contributed by atoms with E-state index in [9.17, 15) is 4.79 Å². The number of nitrogens with zero attached hydrogens (tertiary/aromatic N) is 2. The van der Waals surface area contributed by atoms with Crippen molar-refractivity contribution in [2.75, 3.05) is 19.0 Å². The fourth-order valence-electron chi connectivity index (χ4n) is 2.02. The molecule has 2 aromatic rings. The zero-order valence-corrected chi connectivity index (χ0v) is 12.6. The van der Waals surface area contributed by atoms with Gasteiger partial charge in [-0.3, -0.25) is 4.79 Å². The van der Waals surface area contributed by atoms with Crippen LogP contribution in [-0.4, -0.2) is 25.0 Å². The lowest BCUT2D eigenvalue weighted by atomic mass is 9.94. The lowest BCUT2D eigenvalue weighted by Gasteiger charge is -2.12. The van der Waals surface area contributed by atoms with Gasteiger partial charge in [-0.1, -0.05) is 30.3 Å². The molecule has 0 aliphatic heterocycles. The summed E-state index contributed by atoms with van der Waals surface area (Å²) in [6.07, 6.45) is 1.25. The molecule has 1 aromatic heterocycles. The van der Waals surface area contributed by atoms with Gasteiger partial charge >= 0.3 is 0 Å². The van der Waals surface area contributed by atoms with E-state index in [1.54, 1.807) is 11.3 Å². The number of primary amides is 1. The fourth-order valence-corrected chi connectivity index (χ4v) is 2.79. The van der Waals surface area contributed by atoms with Gasteiger partial charge in [0.15, 0.2) is 5.13 Å². The van der Waals surface area contributed by atoms with E-state index in [0.717, 1.165) is 16.4 Å². The van der Waals surface area contributed by atoms with E-state index in [1.165, 1.54) is 0 Å². The molecule has 4 nitrogen and oxygen atoms in total. The maximum absolute atomic E-state index is 11.6. The first kappa shape index (κ1) is 14.5. The van der Waals surface area contributed by atoms with Crippen LogP contribution in [0.25, 0.3) is 0 Å². The van der Waals surface area contributed by atoms with Crippen molar-refractivity contribution in [2.45, 2.75) is 12.8 Å². The number of anilines is 1. The average Bonchev–Trinajstić information content (AvgIpc) is 2.88. The number of benzene rings is 1. The molecule has 20 heavy (non-hydrogen) atoms. The highest BCUT2D eigenvalue weighted by Crippen LogP contribution is 2.21. The molecule has 2 rings (SSSR count). The van der Waals surface area contributed by atoms with Crippen LogP contribution in [0.2, 0.25) is 0 Å². The minimum Gasteiger partial charge on any atom is -0.369 e. The Kier molecular flexibility index (Phi) is 4.74. The van der Waals surface area contributed by atoms with Gasteiger partial charge in [0.2, 0.25) is 5.91 Å². The standard InChI is InChI=1S/C15H19N3OS/c1-18(2)15-17-13(10-20-15)9-12(14(16)19)8-11-6-4-3-5-7-11/h3-7,10,12H,8-9H2,1-2H3,(H2,16,19)/t12-/m1/s1. The highest BCUT2D eigenvalue weighted by atomic mass is 32.1. The largest absolute Gasteiger partial charge is 0.369 e. The van der Waals surface area contributed by atoms with Crippen LogP contribution in [0.15, 0.2) is 35.7 Å². The average molecular weight is 289 g/mol. The molecule has 0 saturated carbocycles. The van der Waals surface area contributed by atoms with Crippen molar-refractivity contribution in [1.29, 1.82) is 0 Å². The maximum atomic E-state index is 11.6. The number of carbonyl (C=O) groups is 1. The Balaban J connectivity index is 2.07. The second-order valence-electron chi connectivity index (χ2n) is 5.01. The number of hydrogen-bond acceptors (Lipinski definition) is 4. The molecule has 0 radical (unpaired) electrons. The van der Waals surface area contributed by atoms with Crippen molar-refractivity contribution in [1.82, 2.24) is 4.98 Å². The molecule has 106 valence electrons. The number of thiazole rings is 1. The minimum absolute atomic E-state index is 0.213. The van der Waals surface area contributed by atoms with Crippen LogP contribution in [0.5, 0.6) is 0 Å². The molecule has 0 aliphatic rings. The molecule has 5 heteroatoms. The molecule has 0 unspecified atom stereocenters. The number of rotatable bonds is 6. The highest BCUT2D eigenvalue weighted by molar-refractivity contribution is 7.13. The molecular weight excluding hydrogens is 270 g/mol. The van der Waals surface area contributed by atoms with E-state index in [4.69, 9.17) is 5.73 Å². The number of carbonyl (C=O) groups excluding carboxylic acids is 1. The fraction of sp³-hybridized carbons (Fsp3) is 0.333. The Labute approximate surface area is 123 Å². The van der Waals surface area contributed by atoms with Gasteiger partial charge in [-0.05, 0) is 12.0 Å². The van der Waals surface area contributed by atoms with Gasteiger partial charge in [0, 0.05) is 31.8 Å². The molecule has 1 heterocycles. The Bertz CT molecular complexity index is 566. The minimum atomic E-state index is -0.270. The number of aromatic nitrogens is 1. The van der Waals surface area contributed by atoms with Gasteiger partial charge in [0.25, 0.3) is 0 Å². The van der Waals surface area contributed by atoms with Gasteiger partial charge in [0.05, 0.1) is 5.69 Å². The van der Waals surface area contributed by atoms with E-state index in [0.29, 0.717) is 12.8 Å². The third kappa shape index (κ3) is 3.81. The van der Waals surface area contributed by atoms with Gasteiger partial charge < -0.3 is 10.6 Å². The number of nitrogens with two attached hydrogens (primary N) is 1. The summed E-state index contributed by atoms with van der Waals surface area (Å²) < 4.78 is 0. The SMILES string of the molecule is CN(C)c1nc(C[C@@H](Cc2ccccc2)C(N)=O)cs1. The molecule has 1 amide bonds. The zero-order chi connectivity index (χ0) is 14.5. The monoisotopic (exact) mass is 289 g/mol. The predicted octanol–water partition coefficient (Wildman–Crippen LogP) is 2.10. The summed E-state index contributed by atoms with van der Waals surface area (Å²) in [5, 5.41) is 2.94. The molecule has 0 fully saturated rings. The summed E-state index contributed by atoms with van der Waals surface area (Å²) in [6, 6.07) is 9.94. The highest BCUT2D eigenvalue weighted by Gasteiger charge is 2.18. The van der Waals surface area contributed by atoms with Crippen LogP contribution >= 0.6 is 11.3 Å². The van der Waals surface area contributed by atoms with Crippen molar-refractivity contribution in [3.8, 4) is 0 Å². The number of hydrogen-bond donors (Lipinski definition) is 1. The first-order valence-electron chi connectivity index (χ1n) is 6.51. The molecule has 0 saturated heterocycles. The summed E-state index contributed by atoms with van der Waals surface area (Å²) in [6.45, 7) is 0. The molecular formula is C15H19N3OS. The van der Waals surface area contributed by atoms with E-state index >= 15 is 0 Å². The van der Waals surface area contributed by atoms with Crippen LogP contribution in [0, 0.1) is 5.92 Å². The topological polar surface area (TPSA) is 59.2 Å². The van der Waals surface area contributed by atoms with Crippen LogP contribution in [0.1, 0.15) is 11.3 Å². The van der Waals surface area contributed by atoms with E-state index in [1.807, 2.05) is 54.7 Å². The molecule has 0 spiro atoms. The summed E-state index contributed by atoms with van der Waals surface area (Å²) >= 11 is 1.58. The van der Waals surface area contributed by atoms with E-state index in [2.05, 4.69) is 4.98 Å². The van der Waals surface area contributed by atoms with Crippen LogP contribution < -0.4 is 10.6 Å². The number of amides is 1.